The van der Waals surface area contributed by atoms with Gasteiger partial charge in [0.25, 0.3) is 0 Å². The van der Waals surface area contributed by atoms with Crippen LogP contribution >= 0.6 is 0 Å². The molecule has 0 radical (unpaired) electrons. The zero-order valence-electron chi connectivity index (χ0n) is 16.0. The Kier molecular flexibility index (Phi) is 5.04. The van der Waals surface area contributed by atoms with Crippen LogP contribution < -0.4 is 0 Å². The van der Waals surface area contributed by atoms with E-state index in [9.17, 15) is 14.6 Å². The molecule has 0 bridgehead atoms. The van der Waals surface area contributed by atoms with Gasteiger partial charge in [-0.05, 0) is 72.6 Å². The van der Waals surface area contributed by atoms with Crippen molar-refractivity contribution in [1.82, 2.24) is 9.78 Å². The monoisotopic (exact) mass is 388 g/mol. The molecule has 0 spiro atoms. The first-order valence-electron chi connectivity index (χ1n) is 9.48. The van der Waals surface area contributed by atoms with Crippen LogP contribution in [0.25, 0.3) is 22.5 Å². The molecule has 1 heterocycles. The number of phenolic OH excluding ortho intramolecular Hbond substituents is 2. The molecule has 0 aliphatic rings. The first kappa shape index (κ1) is 18.7. The van der Waals surface area contributed by atoms with E-state index in [4.69, 9.17) is 5.10 Å². The predicted octanol–water partition coefficient (Wildman–Crippen LogP) is 5.38. The third kappa shape index (κ3) is 3.85. The van der Waals surface area contributed by atoms with E-state index in [2.05, 4.69) is 6.92 Å². The van der Waals surface area contributed by atoms with Gasteiger partial charge in [-0.25, -0.2) is 4.39 Å². The Morgan fingerprint density at radius 1 is 0.793 bits per heavy atom. The molecule has 3 aromatic carbocycles. The SMILES string of the molecule is CCc1c(-c2ccc(O)cc2)nn(Cc2ccc(F)cc2)c1-c1ccc(O)cc1. The van der Waals surface area contributed by atoms with Crippen LogP contribution in [-0.2, 0) is 13.0 Å². The number of halogens is 1. The molecule has 4 rings (SSSR count). The van der Waals surface area contributed by atoms with Gasteiger partial charge in [0.15, 0.2) is 0 Å². The van der Waals surface area contributed by atoms with Crippen LogP contribution in [-0.4, -0.2) is 20.0 Å². The van der Waals surface area contributed by atoms with Gasteiger partial charge in [-0.3, -0.25) is 4.68 Å². The van der Waals surface area contributed by atoms with Crippen molar-refractivity contribution in [3.05, 3.63) is 89.7 Å². The van der Waals surface area contributed by atoms with E-state index in [1.165, 1.54) is 12.1 Å². The molecular weight excluding hydrogens is 367 g/mol. The lowest BCUT2D eigenvalue weighted by atomic mass is 9.99. The second-order valence-electron chi connectivity index (χ2n) is 6.91. The molecule has 0 fully saturated rings. The number of rotatable bonds is 5. The van der Waals surface area contributed by atoms with Gasteiger partial charge >= 0.3 is 0 Å². The van der Waals surface area contributed by atoms with Crippen LogP contribution in [0, 0.1) is 5.82 Å². The number of aromatic nitrogens is 2. The van der Waals surface area contributed by atoms with Crippen molar-refractivity contribution in [2.75, 3.05) is 0 Å². The largest absolute Gasteiger partial charge is 0.508 e. The summed E-state index contributed by atoms with van der Waals surface area (Å²) in [6.45, 7) is 2.56. The molecule has 0 amide bonds. The zero-order valence-corrected chi connectivity index (χ0v) is 16.0. The van der Waals surface area contributed by atoms with Crippen LogP contribution in [0.4, 0.5) is 4.39 Å². The second-order valence-corrected chi connectivity index (χ2v) is 6.91. The zero-order chi connectivity index (χ0) is 20.4. The van der Waals surface area contributed by atoms with Crippen molar-refractivity contribution in [3.8, 4) is 34.0 Å². The highest BCUT2D eigenvalue weighted by molar-refractivity contribution is 5.75. The van der Waals surface area contributed by atoms with Gasteiger partial charge in [-0.15, -0.1) is 0 Å². The molecule has 0 atom stereocenters. The molecule has 4 aromatic rings. The lowest BCUT2D eigenvalue weighted by molar-refractivity contribution is 0.475. The van der Waals surface area contributed by atoms with Gasteiger partial charge in [-0.1, -0.05) is 19.1 Å². The molecule has 0 unspecified atom stereocenters. The molecule has 5 heteroatoms. The molecule has 0 aliphatic carbocycles. The number of phenols is 2. The fourth-order valence-electron chi connectivity index (χ4n) is 3.50. The van der Waals surface area contributed by atoms with E-state index in [0.717, 1.165) is 40.1 Å². The fourth-order valence-corrected chi connectivity index (χ4v) is 3.50. The Morgan fingerprint density at radius 3 is 1.90 bits per heavy atom. The molecule has 29 heavy (non-hydrogen) atoms. The predicted molar refractivity (Wildman–Crippen MR) is 111 cm³/mol. The smallest absolute Gasteiger partial charge is 0.123 e. The van der Waals surface area contributed by atoms with Gasteiger partial charge in [0.2, 0.25) is 0 Å². The summed E-state index contributed by atoms with van der Waals surface area (Å²) in [5, 5.41) is 24.2. The van der Waals surface area contributed by atoms with Crippen LogP contribution in [0.15, 0.2) is 72.8 Å². The molecule has 1 aromatic heterocycles. The van der Waals surface area contributed by atoms with Gasteiger partial charge in [-0.2, -0.15) is 5.10 Å². The number of benzene rings is 3. The number of nitrogens with zero attached hydrogens (tertiary/aromatic N) is 2. The van der Waals surface area contributed by atoms with Gasteiger partial charge < -0.3 is 10.2 Å². The van der Waals surface area contributed by atoms with E-state index < -0.39 is 0 Å². The lowest BCUT2D eigenvalue weighted by Gasteiger charge is -2.10. The molecule has 146 valence electrons. The first-order valence-corrected chi connectivity index (χ1v) is 9.48. The summed E-state index contributed by atoms with van der Waals surface area (Å²) < 4.78 is 15.2. The Balaban J connectivity index is 1.88. The highest BCUT2D eigenvalue weighted by Crippen LogP contribution is 2.34. The highest BCUT2D eigenvalue weighted by atomic mass is 19.1. The van der Waals surface area contributed by atoms with E-state index in [0.29, 0.717) is 6.54 Å². The van der Waals surface area contributed by atoms with Gasteiger partial charge in [0.05, 0.1) is 17.9 Å². The number of aromatic hydroxyl groups is 2. The standard InChI is InChI=1S/C24H21FN2O2/c1-2-22-23(17-5-11-20(28)12-6-17)26-27(15-16-3-9-19(25)10-4-16)24(22)18-7-13-21(29)14-8-18/h3-14,28-29H,2,15H2,1H3. The summed E-state index contributed by atoms with van der Waals surface area (Å²) in [6.07, 6.45) is 0.760. The number of hydrogen-bond donors (Lipinski definition) is 2. The van der Waals surface area contributed by atoms with Crippen LogP contribution in [0.2, 0.25) is 0 Å². The van der Waals surface area contributed by atoms with Crippen molar-refractivity contribution in [2.45, 2.75) is 19.9 Å². The van der Waals surface area contributed by atoms with Gasteiger partial charge in [0.1, 0.15) is 17.3 Å². The molecule has 0 aliphatic heterocycles. The Morgan fingerprint density at radius 2 is 1.34 bits per heavy atom. The Hall–Kier alpha value is -3.60. The molecule has 2 N–H and O–H groups in total. The van der Waals surface area contributed by atoms with Crippen LogP contribution in [0.5, 0.6) is 11.5 Å². The minimum absolute atomic E-state index is 0.204. The maximum absolute atomic E-state index is 13.3. The Labute approximate surface area is 168 Å². The maximum Gasteiger partial charge on any atom is 0.123 e. The molecule has 0 saturated heterocycles. The molecule has 0 saturated carbocycles. The third-order valence-corrected chi connectivity index (χ3v) is 4.93. The normalized spacial score (nSPS) is 11.0. The quantitative estimate of drug-likeness (QED) is 0.483. The number of hydrogen-bond acceptors (Lipinski definition) is 3. The van der Waals surface area contributed by atoms with E-state index in [1.807, 2.05) is 28.9 Å². The van der Waals surface area contributed by atoms with Crippen molar-refractivity contribution in [3.63, 3.8) is 0 Å². The summed E-state index contributed by atoms with van der Waals surface area (Å²) in [4.78, 5) is 0. The summed E-state index contributed by atoms with van der Waals surface area (Å²) in [5.74, 6) is 0.137. The summed E-state index contributed by atoms with van der Waals surface area (Å²) >= 11 is 0. The third-order valence-electron chi connectivity index (χ3n) is 4.93. The van der Waals surface area contributed by atoms with Crippen molar-refractivity contribution < 1.29 is 14.6 Å². The Bertz CT molecular complexity index is 1120. The average molecular weight is 388 g/mol. The van der Waals surface area contributed by atoms with Crippen molar-refractivity contribution in [2.24, 2.45) is 0 Å². The van der Waals surface area contributed by atoms with Crippen molar-refractivity contribution in [1.29, 1.82) is 0 Å². The lowest BCUT2D eigenvalue weighted by Crippen LogP contribution is -2.04. The second kappa shape index (κ2) is 7.80. The van der Waals surface area contributed by atoms with Gasteiger partial charge in [0, 0.05) is 16.7 Å². The topological polar surface area (TPSA) is 58.3 Å². The average Bonchev–Trinajstić information content (AvgIpc) is 3.09. The summed E-state index contributed by atoms with van der Waals surface area (Å²) in [6, 6.07) is 20.4. The maximum atomic E-state index is 13.3. The van der Waals surface area contributed by atoms with E-state index in [1.54, 1.807) is 36.4 Å². The van der Waals surface area contributed by atoms with Crippen LogP contribution in [0.3, 0.4) is 0 Å². The van der Waals surface area contributed by atoms with E-state index in [-0.39, 0.29) is 17.3 Å². The van der Waals surface area contributed by atoms with Crippen molar-refractivity contribution >= 4 is 0 Å². The van der Waals surface area contributed by atoms with Crippen LogP contribution in [0.1, 0.15) is 18.1 Å². The summed E-state index contributed by atoms with van der Waals surface area (Å²) in [5.41, 5.74) is 5.67. The minimum atomic E-state index is -0.271. The minimum Gasteiger partial charge on any atom is -0.508 e. The fraction of sp³-hybridized carbons (Fsp3) is 0.125. The van der Waals surface area contributed by atoms with E-state index >= 15 is 0 Å². The molecular formula is C24H21FN2O2. The highest BCUT2D eigenvalue weighted by Gasteiger charge is 2.19. The summed E-state index contributed by atoms with van der Waals surface area (Å²) in [7, 11) is 0. The first-order chi connectivity index (χ1) is 14.0. The molecule has 4 nitrogen and oxygen atoms in total.